The molecule has 0 amide bonds. The van der Waals surface area contributed by atoms with Crippen LogP contribution in [0.4, 0.5) is 0 Å². The van der Waals surface area contributed by atoms with Crippen LogP contribution in [0.15, 0.2) is 0 Å². The number of hydrogen-bond donors (Lipinski definition) is 4. The van der Waals surface area contributed by atoms with Crippen LogP contribution in [0.25, 0.3) is 0 Å². The SMILES string of the molecule is CC(C)(O)[C@H]1CC[C@@](C)([C@H]2CC[C@]3(C)[C@@H]2[C@H](O)C[C@@H]2[C@@]4(C)[C@H](O)C[C@@H](O)C(C)(C)[C@@H]4CC[C@]23C)O1. The van der Waals surface area contributed by atoms with Crippen molar-refractivity contribution in [2.45, 2.75) is 142 Å². The fourth-order valence-electron chi connectivity index (χ4n) is 11.0. The minimum atomic E-state index is -0.858. The fraction of sp³-hybridized carbons (Fsp3) is 1.00. The van der Waals surface area contributed by atoms with E-state index in [1.807, 2.05) is 13.8 Å². The van der Waals surface area contributed by atoms with Gasteiger partial charge in [-0.15, -0.1) is 0 Å². The van der Waals surface area contributed by atoms with Crippen molar-refractivity contribution in [3.8, 4) is 0 Å². The predicted octanol–water partition coefficient (Wildman–Crippen LogP) is 4.68. The van der Waals surface area contributed by atoms with Gasteiger partial charge in [0.05, 0.1) is 35.6 Å². The maximum Gasteiger partial charge on any atom is 0.0865 e. The first kappa shape index (κ1) is 26.4. The van der Waals surface area contributed by atoms with Crippen molar-refractivity contribution in [2.24, 2.45) is 45.3 Å². The number of hydrogen-bond acceptors (Lipinski definition) is 5. The summed E-state index contributed by atoms with van der Waals surface area (Å²) in [5.74, 6) is 0.882. The Labute approximate surface area is 213 Å². The zero-order chi connectivity index (χ0) is 26.0. The predicted molar refractivity (Wildman–Crippen MR) is 137 cm³/mol. The van der Waals surface area contributed by atoms with E-state index in [-0.39, 0.29) is 57.0 Å². The summed E-state index contributed by atoms with van der Waals surface area (Å²) in [5, 5.41) is 44.9. The van der Waals surface area contributed by atoms with E-state index in [0.717, 1.165) is 38.5 Å². The highest BCUT2D eigenvalue weighted by Gasteiger charge is 2.73. The van der Waals surface area contributed by atoms with Crippen LogP contribution in [0.3, 0.4) is 0 Å². The number of rotatable bonds is 2. The van der Waals surface area contributed by atoms with Crippen LogP contribution in [-0.4, -0.2) is 56.0 Å². The summed E-state index contributed by atoms with van der Waals surface area (Å²) in [6.45, 7) is 17.4. The molecule has 0 spiro atoms. The summed E-state index contributed by atoms with van der Waals surface area (Å²) in [6.07, 6.45) is 5.51. The molecule has 35 heavy (non-hydrogen) atoms. The summed E-state index contributed by atoms with van der Waals surface area (Å²) in [4.78, 5) is 0. The lowest BCUT2D eigenvalue weighted by molar-refractivity contribution is -0.275. The number of fused-ring (bicyclic) bond motifs is 5. The van der Waals surface area contributed by atoms with Crippen LogP contribution in [-0.2, 0) is 4.74 Å². The highest BCUT2D eigenvalue weighted by atomic mass is 16.5. The Morgan fingerprint density at radius 2 is 1.37 bits per heavy atom. The Morgan fingerprint density at radius 1 is 0.743 bits per heavy atom. The second kappa shape index (κ2) is 7.68. The number of aliphatic hydroxyl groups excluding tert-OH is 3. The molecule has 5 rings (SSSR count). The van der Waals surface area contributed by atoms with Gasteiger partial charge in [0.1, 0.15) is 0 Å². The Kier molecular flexibility index (Phi) is 5.80. The van der Waals surface area contributed by atoms with Crippen molar-refractivity contribution >= 4 is 0 Å². The van der Waals surface area contributed by atoms with E-state index in [4.69, 9.17) is 4.74 Å². The second-order valence-corrected chi connectivity index (χ2v) is 15.5. The zero-order valence-corrected chi connectivity index (χ0v) is 23.5. The molecule has 0 aromatic rings. The molecule has 0 unspecified atom stereocenters. The Bertz CT molecular complexity index is 850. The van der Waals surface area contributed by atoms with Gasteiger partial charge in [0.25, 0.3) is 0 Å². The average Bonchev–Trinajstić information content (AvgIpc) is 3.32. The van der Waals surface area contributed by atoms with E-state index in [1.165, 1.54) is 0 Å². The van der Waals surface area contributed by atoms with Crippen LogP contribution >= 0.6 is 0 Å². The molecule has 5 aliphatic rings. The van der Waals surface area contributed by atoms with Gasteiger partial charge in [0, 0.05) is 11.8 Å². The third kappa shape index (κ3) is 3.30. The highest BCUT2D eigenvalue weighted by molar-refractivity contribution is 5.21. The summed E-state index contributed by atoms with van der Waals surface area (Å²) < 4.78 is 6.64. The molecule has 5 nitrogen and oxygen atoms in total. The smallest absolute Gasteiger partial charge is 0.0865 e. The lowest BCUT2D eigenvalue weighted by Gasteiger charge is -2.71. The Morgan fingerprint density at radius 3 is 1.97 bits per heavy atom. The van der Waals surface area contributed by atoms with Crippen molar-refractivity contribution in [2.75, 3.05) is 0 Å². The average molecular weight is 493 g/mol. The van der Waals surface area contributed by atoms with Crippen LogP contribution < -0.4 is 0 Å². The van der Waals surface area contributed by atoms with Crippen molar-refractivity contribution in [3.63, 3.8) is 0 Å². The molecule has 0 aromatic carbocycles. The molecule has 0 aromatic heterocycles. The van der Waals surface area contributed by atoms with Gasteiger partial charge in [-0.1, -0.05) is 34.6 Å². The molecular formula is C30H52O5. The first-order valence-corrected chi connectivity index (χ1v) is 14.4. The van der Waals surface area contributed by atoms with Crippen molar-refractivity contribution < 1.29 is 25.2 Å². The summed E-state index contributed by atoms with van der Waals surface area (Å²) >= 11 is 0. The first-order chi connectivity index (χ1) is 15.9. The van der Waals surface area contributed by atoms with E-state index >= 15 is 0 Å². The molecule has 4 aliphatic carbocycles. The van der Waals surface area contributed by atoms with Crippen LogP contribution in [0.1, 0.15) is 107 Å². The zero-order valence-electron chi connectivity index (χ0n) is 23.5. The fourth-order valence-corrected chi connectivity index (χ4v) is 11.0. The van der Waals surface area contributed by atoms with Crippen LogP contribution in [0.5, 0.6) is 0 Å². The quantitative estimate of drug-likeness (QED) is 0.449. The van der Waals surface area contributed by atoms with Gasteiger partial charge in [0.15, 0.2) is 0 Å². The molecule has 5 fully saturated rings. The molecule has 4 saturated carbocycles. The molecule has 12 atom stereocenters. The second-order valence-electron chi connectivity index (χ2n) is 15.5. The third-order valence-electron chi connectivity index (χ3n) is 13.4. The molecule has 1 saturated heterocycles. The third-order valence-corrected chi connectivity index (χ3v) is 13.4. The van der Waals surface area contributed by atoms with Gasteiger partial charge < -0.3 is 25.2 Å². The molecule has 1 heterocycles. The highest BCUT2D eigenvalue weighted by Crippen LogP contribution is 2.76. The van der Waals surface area contributed by atoms with Gasteiger partial charge in [-0.05, 0) is 106 Å². The van der Waals surface area contributed by atoms with E-state index in [2.05, 4.69) is 41.5 Å². The number of ether oxygens (including phenoxy) is 1. The van der Waals surface area contributed by atoms with Gasteiger partial charge in [-0.25, -0.2) is 0 Å². The molecule has 0 radical (unpaired) electrons. The first-order valence-electron chi connectivity index (χ1n) is 14.4. The summed E-state index contributed by atoms with van der Waals surface area (Å²) in [6, 6.07) is 0. The van der Waals surface area contributed by atoms with Crippen molar-refractivity contribution in [1.82, 2.24) is 0 Å². The van der Waals surface area contributed by atoms with Crippen LogP contribution in [0.2, 0.25) is 0 Å². The van der Waals surface area contributed by atoms with Gasteiger partial charge >= 0.3 is 0 Å². The van der Waals surface area contributed by atoms with Gasteiger partial charge in [-0.3, -0.25) is 0 Å². The topological polar surface area (TPSA) is 90.2 Å². The number of aliphatic hydroxyl groups is 4. The Hall–Kier alpha value is -0.200. The van der Waals surface area contributed by atoms with Gasteiger partial charge in [-0.2, -0.15) is 0 Å². The minimum absolute atomic E-state index is 0.0147. The van der Waals surface area contributed by atoms with Crippen molar-refractivity contribution in [1.29, 1.82) is 0 Å². The molecular weight excluding hydrogens is 440 g/mol. The van der Waals surface area contributed by atoms with Crippen LogP contribution in [0, 0.1) is 45.3 Å². The Balaban J connectivity index is 1.50. The maximum atomic E-state index is 11.9. The van der Waals surface area contributed by atoms with E-state index in [0.29, 0.717) is 12.8 Å². The summed E-state index contributed by atoms with van der Waals surface area (Å²) in [7, 11) is 0. The maximum absolute atomic E-state index is 11.9. The summed E-state index contributed by atoms with van der Waals surface area (Å²) in [5.41, 5.74) is -1.76. The molecule has 4 N–H and O–H groups in total. The van der Waals surface area contributed by atoms with E-state index < -0.39 is 23.9 Å². The standard InChI is InChI=1S/C30H52O5/c1-25(2)19-10-13-27(5)20(30(19,8)22(33)16-21(25)32)15-18(31)24-17(9-12-28(24,27)6)29(7)14-11-23(35-29)26(3,4)34/h17-24,31-34H,9-16H2,1-8H3/t17-,18+,19-,20-,21+,22+,23+,24-,27+,28+,29-,30-/m0/s1. The monoisotopic (exact) mass is 492 g/mol. The van der Waals surface area contributed by atoms with Crippen molar-refractivity contribution in [3.05, 3.63) is 0 Å². The molecule has 0 bridgehead atoms. The largest absolute Gasteiger partial charge is 0.393 e. The lowest BCUT2D eigenvalue weighted by atomic mass is 9.34. The van der Waals surface area contributed by atoms with E-state index in [1.54, 1.807) is 0 Å². The van der Waals surface area contributed by atoms with E-state index in [9.17, 15) is 20.4 Å². The molecule has 202 valence electrons. The lowest BCUT2D eigenvalue weighted by Crippen LogP contribution is -2.69. The normalized spacial score (nSPS) is 57.9. The van der Waals surface area contributed by atoms with Gasteiger partial charge in [0.2, 0.25) is 0 Å². The minimum Gasteiger partial charge on any atom is -0.393 e. The molecule has 1 aliphatic heterocycles. The molecule has 5 heteroatoms.